The molecule has 1 aromatic carbocycles. The molecular formula is C15H21NO4S. The summed E-state index contributed by atoms with van der Waals surface area (Å²) in [5.41, 5.74) is 1.24. The van der Waals surface area contributed by atoms with Crippen molar-refractivity contribution in [3.63, 3.8) is 0 Å². The number of benzene rings is 1. The SMILES string of the molecule is Cc1cc(C(=O)O)cc(S(=O)(=O)NC(C)CC2CC2)c1C. The number of rotatable bonds is 6. The molecule has 0 amide bonds. The second-order valence-corrected chi connectivity index (χ2v) is 7.61. The van der Waals surface area contributed by atoms with Crippen molar-refractivity contribution < 1.29 is 18.3 Å². The van der Waals surface area contributed by atoms with E-state index in [2.05, 4.69) is 4.72 Å². The number of carboxylic acid groups (broad SMARTS) is 1. The normalized spacial score (nSPS) is 16.7. The summed E-state index contributed by atoms with van der Waals surface area (Å²) in [5, 5.41) is 9.08. The van der Waals surface area contributed by atoms with Gasteiger partial charge in [-0.25, -0.2) is 17.9 Å². The monoisotopic (exact) mass is 311 g/mol. The van der Waals surface area contributed by atoms with Gasteiger partial charge >= 0.3 is 5.97 Å². The topological polar surface area (TPSA) is 83.5 Å². The van der Waals surface area contributed by atoms with E-state index in [1.54, 1.807) is 13.8 Å². The molecule has 0 radical (unpaired) electrons. The molecule has 0 aliphatic heterocycles. The summed E-state index contributed by atoms with van der Waals surface area (Å²) in [6, 6.07) is 2.58. The fourth-order valence-corrected chi connectivity index (χ4v) is 4.06. The third-order valence-corrected chi connectivity index (χ3v) is 5.61. The second-order valence-electron chi connectivity index (χ2n) is 5.92. The molecule has 1 saturated carbocycles. The molecule has 1 unspecified atom stereocenters. The molecule has 2 N–H and O–H groups in total. The lowest BCUT2D eigenvalue weighted by atomic mass is 10.1. The summed E-state index contributed by atoms with van der Waals surface area (Å²) < 4.78 is 27.6. The summed E-state index contributed by atoms with van der Waals surface area (Å²) in [7, 11) is -3.70. The largest absolute Gasteiger partial charge is 0.478 e. The zero-order valence-corrected chi connectivity index (χ0v) is 13.3. The van der Waals surface area contributed by atoms with Gasteiger partial charge in [0.05, 0.1) is 10.5 Å². The Balaban J connectivity index is 2.31. The zero-order chi connectivity index (χ0) is 15.8. The van der Waals surface area contributed by atoms with E-state index in [1.807, 2.05) is 6.92 Å². The van der Waals surface area contributed by atoms with Crippen LogP contribution in [0, 0.1) is 19.8 Å². The van der Waals surface area contributed by atoms with E-state index < -0.39 is 16.0 Å². The van der Waals surface area contributed by atoms with Crippen LogP contribution in [0.5, 0.6) is 0 Å². The van der Waals surface area contributed by atoms with Crippen LogP contribution in [0.2, 0.25) is 0 Å². The smallest absolute Gasteiger partial charge is 0.335 e. The Hall–Kier alpha value is -1.40. The van der Waals surface area contributed by atoms with Gasteiger partial charge in [0.15, 0.2) is 0 Å². The highest BCUT2D eigenvalue weighted by molar-refractivity contribution is 7.89. The zero-order valence-electron chi connectivity index (χ0n) is 12.5. The first kappa shape index (κ1) is 16.0. The average molecular weight is 311 g/mol. The van der Waals surface area contributed by atoms with Crippen molar-refractivity contribution in [2.75, 3.05) is 0 Å². The van der Waals surface area contributed by atoms with Gasteiger partial charge in [-0.05, 0) is 56.4 Å². The number of hydrogen-bond donors (Lipinski definition) is 2. The lowest BCUT2D eigenvalue weighted by molar-refractivity contribution is 0.0696. The number of sulfonamides is 1. The fourth-order valence-electron chi connectivity index (χ4n) is 2.46. The van der Waals surface area contributed by atoms with Gasteiger partial charge < -0.3 is 5.11 Å². The molecule has 1 aliphatic carbocycles. The van der Waals surface area contributed by atoms with Gasteiger partial charge in [-0.3, -0.25) is 0 Å². The van der Waals surface area contributed by atoms with Crippen LogP contribution in [0.25, 0.3) is 0 Å². The molecule has 0 saturated heterocycles. The summed E-state index contributed by atoms with van der Waals surface area (Å²) in [5.74, 6) is -0.503. The Morgan fingerprint density at radius 1 is 1.38 bits per heavy atom. The highest BCUT2D eigenvalue weighted by Crippen LogP contribution is 2.33. The van der Waals surface area contributed by atoms with Crippen molar-refractivity contribution in [3.8, 4) is 0 Å². The van der Waals surface area contributed by atoms with Crippen LogP contribution < -0.4 is 4.72 Å². The molecule has 2 rings (SSSR count). The Bertz CT molecular complexity index is 662. The van der Waals surface area contributed by atoms with Gasteiger partial charge in [-0.15, -0.1) is 0 Å². The Morgan fingerprint density at radius 3 is 2.52 bits per heavy atom. The van der Waals surface area contributed by atoms with E-state index >= 15 is 0 Å². The summed E-state index contributed by atoms with van der Waals surface area (Å²) in [6.07, 6.45) is 3.16. The molecule has 0 bridgehead atoms. The minimum Gasteiger partial charge on any atom is -0.478 e. The number of aryl methyl sites for hydroxylation is 1. The van der Waals surface area contributed by atoms with Crippen molar-refractivity contribution in [2.45, 2.75) is 51.0 Å². The summed E-state index contributed by atoms with van der Waals surface area (Å²) >= 11 is 0. The third-order valence-electron chi connectivity index (χ3n) is 3.90. The third kappa shape index (κ3) is 3.83. The van der Waals surface area contributed by atoms with E-state index in [1.165, 1.54) is 25.0 Å². The van der Waals surface area contributed by atoms with E-state index in [-0.39, 0.29) is 16.5 Å². The van der Waals surface area contributed by atoms with Gasteiger partial charge in [0, 0.05) is 6.04 Å². The molecule has 1 fully saturated rings. The molecule has 0 heterocycles. The molecule has 0 aromatic heterocycles. The fraction of sp³-hybridized carbons (Fsp3) is 0.533. The van der Waals surface area contributed by atoms with Gasteiger partial charge in [0.2, 0.25) is 10.0 Å². The van der Waals surface area contributed by atoms with Crippen LogP contribution in [-0.4, -0.2) is 25.5 Å². The maximum absolute atomic E-state index is 12.5. The summed E-state index contributed by atoms with van der Waals surface area (Å²) in [6.45, 7) is 5.26. The molecule has 6 heteroatoms. The van der Waals surface area contributed by atoms with Crippen LogP contribution in [-0.2, 0) is 10.0 Å². The molecule has 1 atom stereocenters. The predicted molar refractivity (Wildman–Crippen MR) is 80.0 cm³/mol. The van der Waals surface area contributed by atoms with E-state index in [9.17, 15) is 13.2 Å². The molecular weight excluding hydrogens is 290 g/mol. The first-order valence-electron chi connectivity index (χ1n) is 7.07. The predicted octanol–water partition coefficient (Wildman–Crippen LogP) is 2.47. The number of aromatic carboxylic acids is 1. The molecule has 1 aliphatic rings. The first-order valence-corrected chi connectivity index (χ1v) is 8.56. The van der Waals surface area contributed by atoms with E-state index in [0.29, 0.717) is 17.0 Å². The van der Waals surface area contributed by atoms with E-state index in [4.69, 9.17) is 5.11 Å². The minimum atomic E-state index is -3.70. The molecule has 5 nitrogen and oxygen atoms in total. The minimum absolute atomic E-state index is 0.00618. The Morgan fingerprint density at radius 2 is 2.00 bits per heavy atom. The van der Waals surface area contributed by atoms with Crippen LogP contribution >= 0.6 is 0 Å². The number of carboxylic acids is 1. The van der Waals surface area contributed by atoms with Crippen molar-refractivity contribution in [1.82, 2.24) is 4.72 Å². The van der Waals surface area contributed by atoms with Crippen LogP contribution in [0.15, 0.2) is 17.0 Å². The number of hydrogen-bond acceptors (Lipinski definition) is 3. The summed E-state index contributed by atoms with van der Waals surface area (Å²) in [4.78, 5) is 11.2. The van der Waals surface area contributed by atoms with Gasteiger partial charge in [-0.1, -0.05) is 12.8 Å². The lowest BCUT2D eigenvalue weighted by Crippen LogP contribution is -2.33. The Kier molecular flexibility index (Phi) is 4.39. The highest BCUT2D eigenvalue weighted by Gasteiger charge is 2.27. The molecule has 116 valence electrons. The number of nitrogens with one attached hydrogen (secondary N) is 1. The highest BCUT2D eigenvalue weighted by atomic mass is 32.2. The van der Waals surface area contributed by atoms with Crippen LogP contribution in [0.1, 0.15) is 47.7 Å². The maximum Gasteiger partial charge on any atom is 0.335 e. The van der Waals surface area contributed by atoms with Gasteiger partial charge in [-0.2, -0.15) is 0 Å². The van der Waals surface area contributed by atoms with Gasteiger partial charge in [0.25, 0.3) is 0 Å². The van der Waals surface area contributed by atoms with Gasteiger partial charge in [0.1, 0.15) is 0 Å². The van der Waals surface area contributed by atoms with Crippen molar-refractivity contribution in [2.24, 2.45) is 5.92 Å². The van der Waals surface area contributed by atoms with Crippen LogP contribution in [0.4, 0.5) is 0 Å². The molecule has 1 aromatic rings. The molecule has 21 heavy (non-hydrogen) atoms. The van der Waals surface area contributed by atoms with E-state index in [0.717, 1.165) is 6.42 Å². The Labute approximate surface area is 125 Å². The average Bonchev–Trinajstić information content (AvgIpc) is 3.14. The van der Waals surface area contributed by atoms with Crippen molar-refractivity contribution in [1.29, 1.82) is 0 Å². The first-order chi connectivity index (χ1) is 9.70. The quantitative estimate of drug-likeness (QED) is 0.845. The maximum atomic E-state index is 12.5. The van der Waals surface area contributed by atoms with Crippen molar-refractivity contribution >= 4 is 16.0 Å². The second kappa shape index (κ2) is 5.77. The van der Waals surface area contributed by atoms with Crippen LogP contribution in [0.3, 0.4) is 0 Å². The standard InChI is InChI=1S/C15H21NO4S/c1-9-6-13(15(17)18)8-14(11(9)3)21(19,20)16-10(2)7-12-4-5-12/h6,8,10,12,16H,4-5,7H2,1-3H3,(H,17,18). The number of carbonyl (C=O) groups is 1. The molecule has 0 spiro atoms. The lowest BCUT2D eigenvalue weighted by Gasteiger charge is -2.16. The van der Waals surface area contributed by atoms with Crippen molar-refractivity contribution in [3.05, 3.63) is 28.8 Å².